The Morgan fingerprint density at radius 1 is 0.304 bits per heavy atom. The van der Waals surface area contributed by atoms with E-state index in [2.05, 4.69) is 93.7 Å². The van der Waals surface area contributed by atoms with E-state index in [0.717, 1.165) is 83.5 Å². The minimum atomic E-state index is -0.806. The monoisotopic (exact) mass is 963 g/mol. The highest BCUT2D eigenvalue weighted by Crippen LogP contribution is 2.16. The summed E-state index contributed by atoms with van der Waals surface area (Å²) >= 11 is 0. The largest absolute Gasteiger partial charge is 0.462 e. The van der Waals surface area contributed by atoms with Crippen LogP contribution >= 0.6 is 0 Å². The van der Waals surface area contributed by atoms with Gasteiger partial charge in [0.15, 0.2) is 6.10 Å². The Morgan fingerprint density at radius 3 is 0.928 bits per heavy atom. The highest BCUT2D eigenvalue weighted by Gasteiger charge is 2.19. The number of unbranched alkanes of at least 4 members (excludes halogenated alkanes) is 30. The molecule has 0 saturated carbocycles. The molecular formula is C63H110O6. The Bertz CT molecular complexity index is 1290. The summed E-state index contributed by atoms with van der Waals surface area (Å²) in [6.07, 6.45) is 73.3. The summed E-state index contributed by atoms with van der Waals surface area (Å²) in [5.41, 5.74) is 0. The molecule has 1 unspecified atom stereocenters. The first kappa shape index (κ1) is 65.8. The highest BCUT2D eigenvalue weighted by atomic mass is 16.6. The van der Waals surface area contributed by atoms with E-state index >= 15 is 0 Å². The van der Waals surface area contributed by atoms with Gasteiger partial charge in [-0.1, -0.05) is 261 Å². The van der Waals surface area contributed by atoms with Crippen LogP contribution in [0.3, 0.4) is 0 Å². The molecular weight excluding hydrogens is 853 g/mol. The molecule has 0 amide bonds. The summed E-state index contributed by atoms with van der Waals surface area (Å²) in [6.45, 7) is 6.50. The molecule has 6 heteroatoms. The lowest BCUT2D eigenvalue weighted by atomic mass is 10.0. The van der Waals surface area contributed by atoms with Crippen molar-refractivity contribution in [3.63, 3.8) is 0 Å². The zero-order chi connectivity index (χ0) is 50.0. The number of ether oxygens (including phenoxy) is 3. The van der Waals surface area contributed by atoms with Gasteiger partial charge < -0.3 is 14.2 Å². The van der Waals surface area contributed by atoms with Gasteiger partial charge in [-0.3, -0.25) is 14.4 Å². The second-order valence-corrected chi connectivity index (χ2v) is 19.5. The van der Waals surface area contributed by atoms with Crippen molar-refractivity contribution >= 4 is 17.9 Å². The third-order valence-electron chi connectivity index (χ3n) is 12.7. The van der Waals surface area contributed by atoms with Crippen LogP contribution in [0.4, 0.5) is 0 Å². The van der Waals surface area contributed by atoms with Gasteiger partial charge in [0.05, 0.1) is 0 Å². The van der Waals surface area contributed by atoms with Gasteiger partial charge in [0.2, 0.25) is 0 Å². The van der Waals surface area contributed by atoms with Crippen LogP contribution in [0.5, 0.6) is 0 Å². The maximum absolute atomic E-state index is 12.8. The van der Waals surface area contributed by atoms with E-state index in [1.807, 2.05) is 0 Å². The highest BCUT2D eigenvalue weighted by molar-refractivity contribution is 5.71. The molecule has 69 heavy (non-hydrogen) atoms. The van der Waals surface area contributed by atoms with Crippen LogP contribution < -0.4 is 0 Å². The zero-order valence-electron chi connectivity index (χ0n) is 45.6. The number of allylic oxidation sites excluding steroid dienone is 12. The number of rotatable bonds is 53. The maximum atomic E-state index is 12.8. The number of hydrogen-bond acceptors (Lipinski definition) is 6. The van der Waals surface area contributed by atoms with E-state index in [1.165, 1.54) is 161 Å². The van der Waals surface area contributed by atoms with E-state index in [-0.39, 0.29) is 37.5 Å². The van der Waals surface area contributed by atoms with Crippen molar-refractivity contribution in [2.75, 3.05) is 13.2 Å². The molecule has 0 aromatic carbocycles. The molecule has 0 aromatic rings. The van der Waals surface area contributed by atoms with E-state index in [4.69, 9.17) is 14.2 Å². The molecule has 0 heterocycles. The molecule has 0 saturated heterocycles. The number of hydrogen-bond donors (Lipinski definition) is 0. The second-order valence-electron chi connectivity index (χ2n) is 19.5. The van der Waals surface area contributed by atoms with Gasteiger partial charge in [0.25, 0.3) is 0 Å². The lowest BCUT2D eigenvalue weighted by Gasteiger charge is -2.18. The number of esters is 3. The SMILES string of the molecule is CC/C=C\C/C=C\C/C=C\CCCCCCCCC(=O)OCC(COC(=O)CCCCCCCCCCCCCCCCCCCC)OC(=O)CCC/C=C\C/C=C\C/C=C\CCCCCCCC. The minimum Gasteiger partial charge on any atom is -0.462 e. The standard InChI is InChI=1S/C63H110O6/c1-4-7-10-13-16-19-22-25-28-31-33-35-38-41-44-47-50-53-56-62(65)68-59-60(58-67-61(64)55-52-49-46-43-40-37-34-30-27-24-21-18-15-12-9-6-3)69-63(66)57-54-51-48-45-42-39-36-32-29-26-23-20-17-14-11-8-5-2/h9,12,18,21,26-27,29-30,36,39,45,48,60H,4-8,10-11,13-17,19-20,22-25,28,31-35,37-38,40-44,46-47,49-59H2,1-3H3/b12-9-,21-18-,29-26-,30-27-,39-36-,48-45-. The molecule has 0 aliphatic heterocycles. The predicted octanol–water partition coefficient (Wildman–Crippen LogP) is 19.8. The van der Waals surface area contributed by atoms with E-state index in [0.29, 0.717) is 19.3 Å². The van der Waals surface area contributed by atoms with Crippen molar-refractivity contribution in [1.29, 1.82) is 0 Å². The smallest absolute Gasteiger partial charge is 0.306 e. The Balaban J connectivity index is 4.44. The summed E-state index contributed by atoms with van der Waals surface area (Å²) in [5, 5.41) is 0. The fraction of sp³-hybridized carbons (Fsp3) is 0.762. The molecule has 0 bridgehead atoms. The molecule has 0 fully saturated rings. The molecule has 0 aromatic heterocycles. The second kappa shape index (κ2) is 57.4. The van der Waals surface area contributed by atoms with Gasteiger partial charge in [0, 0.05) is 19.3 Å². The van der Waals surface area contributed by atoms with Crippen molar-refractivity contribution in [1.82, 2.24) is 0 Å². The van der Waals surface area contributed by atoms with E-state index in [9.17, 15) is 14.4 Å². The quantitative estimate of drug-likeness (QED) is 0.0262. The number of carbonyl (C=O) groups excluding carboxylic acids is 3. The van der Waals surface area contributed by atoms with Crippen LogP contribution in [-0.2, 0) is 28.6 Å². The molecule has 1 atom stereocenters. The van der Waals surface area contributed by atoms with E-state index < -0.39 is 6.10 Å². The first-order valence-electron chi connectivity index (χ1n) is 29.4. The molecule has 0 N–H and O–H groups in total. The Kier molecular flexibility index (Phi) is 54.8. The average molecular weight is 964 g/mol. The van der Waals surface area contributed by atoms with Gasteiger partial charge in [-0.05, 0) is 83.5 Å². The van der Waals surface area contributed by atoms with Crippen LogP contribution in [0.1, 0.15) is 290 Å². The topological polar surface area (TPSA) is 78.9 Å². The van der Waals surface area contributed by atoms with Gasteiger partial charge in [0.1, 0.15) is 13.2 Å². The molecule has 0 aliphatic rings. The molecule has 0 rings (SSSR count). The Hall–Kier alpha value is -3.15. The maximum Gasteiger partial charge on any atom is 0.306 e. The van der Waals surface area contributed by atoms with Crippen molar-refractivity contribution in [2.24, 2.45) is 0 Å². The predicted molar refractivity (Wildman–Crippen MR) is 298 cm³/mol. The third kappa shape index (κ3) is 55.6. The third-order valence-corrected chi connectivity index (χ3v) is 12.7. The molecule has 6 nitrogen and oxygen atoms in total. The van der Waals surface area contributed by atoms with Crippen molar-refractivity contribution < 1.29 is 28.6 Å². The Labute approximate surface area is 427 Å². The van der Waals surface area contributed by atoms with E-state index in [1.54, 1.807) is 0 Å². The van der Waals surface area contributed by atoms with Gasteiger partial charge in [-0.25, -0.2) is 0 Å². The van der Waals surface area contributed by atoms with Gasteiger partial charge in [-0.15, -0.1) is 0 Å². The summed E-state index contributed by atoms with van der Waals surface area (Å²) < 4.78 is 16.8. The lowest BCUT2D eigenvalue weighted by Crippen LogP contribution is -2.30. The molecule has 398 valence electrons. The van der Waals surface area contributed by atoms with Crippen molar-refractivity contribution in [3.8, 4) is 0 Å². The fourth-order valence-electron chi connectivity index (χ4n) is 8.30. The van der Waals surface area contributed by atoms with Gasteiger partial charge >= 0.3 is 17.9 Å². The first-order valence-corrected chi connectivity index (χ1v) is 29.4. The van der Waals surface area contributed by atoms with Crippen LogP contribution in [0.25, 0.3) is 0 Å². The van der Waals surface area contributed by atoms with Crippen molar-refractivity contribution in [2.45, 2.75) is 297 Å². The molecule has 0 aliphatic carbocycles. The molecule has 0 radical (unpaired) electrons. The molecule has 0 spiro atoms. The average Bonchev–Trinajstić information content (AvgIpc) is 3.35. The van der Waals surface area contributed by atoms with Crippen LogP contribution in [0.15, 0.2) is 72.9 Å². The van der Waals surface area contributed by atoms with Gasteiger partial charge in [-0.2, -0.15) is 0 Å². The lowest BCUT2D eigenvalue weighted by molar-refractivity contribution is -0.167. The van der Waals surface area contributed by atoms with Crippen LogP contribution in [0, 0.1) is 0 Å². The minimum absolute atomic E-state index is 0.0973. The normalized spacial score (nSPS) is 12.6. The van der Waals surface area contributed by atoms with Crippen LogP contribution in [0.2, 0.25) is 0 Å². The summed E-state index contributed by atoms with van der Waals surface area (Å²) in [5.74, 6) is -0.953. The zero-order valence-corrected chi connectivity index (χ0v) is 45.6. The fourth-order valence-corrected chi connectivity index (χ4v) is 8.30. The Morgan fingerprint density at radius 2 is 0.580 bits per heavy atom. The van der Waals surface area contributed by atoms with Crippen molar-refractivity contribution in [3.05, 3.63) is 72.9 Å². The number of carbonyl (C=O) groups is 3. The summed E-state index contributed by atoms with van der Waals surface area (Å²) in [7, 11) is 0. The first-order chi connectivity index (χ1) is 34.0. The van der Waals surface area contributed by atoms with Crippen LogP contribution in [-0.4, -0.2) is 37.2 Å². The summed E-state index contributed by atoms with van der Waals surface area (Å²) in [6, 6.07) is 0. The summed E-state index contributed by atoms with van der Waals surface area (Å²) in [4.78, 5) is 38.2.